The van der Waals surface area contributed by atoms with Gasteiger partial charge in [-0.2, -0.15) is 0 Å². The third-order valence-corrected chi connectivity index (χ3v) is 7.16. The Balaban J connectivity index is 1.76. The molecule has 178 valence electrons. The molecule has 2 aromatic carbocycles. The highest BCUT2D eigenvalue weighted by Gasteiger charge is 2.34. The Labute approximate surface area is 196 Å². The standard InChI is InChI=1S/C25H33N3O4S/c1-5-15-26-23(29)22-10-7-16-28(22)24(30)18-8-6-9-20(17-18)27-33(31,32)21-13-11-19(12-14-21)25(2,3)4/h6,8-9,11-14,17,22,27H,5,7,10,15-16H2,1-4H3,(H,26,29). The average Bonchev–Trinajstić information content (AvgIpc) is 3.26. The molecule has 1 aliphatic heterocycles. The smallest absolute Gasteiger partial charge is 0.261 e. The van der Waals surface area contributed by atoms with E-state index in [0.717, 1.165) is 18.4 Å². The molecule has 3 rings (SSSR count). The van der Waals surface area contributed by atoms with Gasteiger partial charge in [0.15, 0.2) is 0 Å². The molecule has 1 atom stereocenters. The van der Waals surface area contributed by atoms with E-state index in [1.807, 2.05) is 19.1 Å². The average molecular weight is 472 g/mol. The van der Waals surface area contributed by atoms with E-state index in [0.29, 0.717) is 30.8 Å². The minimum absolute atomic E-state index is 0.0781. The highest BCUT2D eigenvalue weighted by Crippen LogP contribution is 2.25. The van der Waals surface area contributed by atoms with Crippen molar-refractivity contribution in [2.45, 2.75) is 63.3 Å². The van der Waals surface area contributed by atoms with Crippen molar-refractivity contribution in [3.05, 3.63) is 59.7 Å². The summed E-state index contributed by atoms with van der Waals surface area (Å²) >= 11 is 0. The zero-order valence-electron chi connectivity index (χ0n) is 19.7. The van der Waals surface area contributed by atoms with Gasteiger partial charge in [0.2, 0.25) is 5.91 Å². The minimum Gasteiger partial charge on any atom is -0.354 e. The summed E-state index contributed by atoms with van der Waals surface area (Å²) in [5.41, 5.74) is 1.60. The van der Waals surface area contributed by atoms with Gasteiger partial charge in [-0.15, -0.1) is 0 Å². The fourth-order valence-electron chi connectivity index (χ4n) is 3.88. The number of nitrogens with one attached hydrogen (secondary N) is 2. The van der Waals surface area contributed by atoms with Crippen LogP contribution in [0.1, 0.15) is 62.9 Å². The quantitative estimate of drug-likeness (QED) is 0.640. The lowest BCUT2D eigenvalue weighted by Crippen LogP contribution is -2.46. The van der Waals surface area contributed by atoms with Crippen molar-refractivity contribution in [1.82, 2.24) is 10.2 Å². The van der Waals surface area contributed by atoms with Crippen LogP contribution in [0.15, 0.2) is 53.4 Å². The van der Waals surface area contributed by atoms with Gasteiger partial charge in [-0.3, -0.25) is 14.3 Å². The van der Waals surface area contributed by atoms with E-state index in [-0.39, 0.29) is 22.1 Å². The molecule has 7 nitrogen and oxygen atoms in total. The molecular formula is C25H33N3O4S. The van der Waals surface area contributed by atoms with Crippen LogP contribution in [-0.2, 0) is 20.2 Å². The summed E-state index contributed by atoms with van der Waals surface area (Å²) in [5, 5.41) is 2.86. The number of rotatable bonds is 7. The molecule has 1 saturated heterocycles. The molecule has 0 spiro atoms. The van der Waals surface area contributed by atoms with Crippen molar-refractivity contribution < 1.29 is 18.0 Å². The lowest BCUT2D eigenvalue weighted by atomic mass is 9.87. The second-order valence-electron chi connectivity index (χ2n) is 9.41. The molecule has 1 aliphatic rings. The number of carbonyl (C=O) groups is 2. The lowest BCUT2D eigenvalue weighted by molar-refractivity contribution is -0.124. The lowest BCUT2D eigenvalue weighted by Gasteiger charge is -2.24. The van der Waals surface area contributed by atoms with E-state index in [1.54, 1.807) is 35.2 Å². The predicted octanol–water partition coefficient (Wildman–Crippen LogP) is 3.92. The molecule has 0 aromatic heterocycles. The third-order valence-electron chi connectivity index (χ3n) is 5.76. The topological polar surface area (TPSA) is 95.6 Å². The highest BCUT2D eigenvalue weighted by molar-refractivity contribution is 7.92. The Morgan fingerprint density at radius 3 is 2.42 bits per heavy atom. The van der Waals surface area contributed by atoms with Crippen molar-refractivity contribution in [3.63, 3.8) is 0 Å². The van der Waals surface area contributed by atoms with Gasteiger partial charge in [0.25, 0.3) is 15.9 Å². The van der Waals surface area contributed by atoms with E-state index >= 15 is 0 Å². The SMILES string of the molecule is CCCNC(=O)C1CCCN1C(=O)c1cccc(NS(=O)(=O)c2ccc(C(C)(C)C)cc2)c1. The molecule has 2 amide bonds. The summed E-state index contributed by atoms with van der Waals surface area (Å²) in [5.74, 6) is -0.419. The molecule has 8 heteroatoms. The van der Waals surface area contributed by atoms with Crippen LogP contribution in [0.3, 0.4) is 0 Å². The van der Waals surface area contributed by atoms with Crippen molar-refractivity contribution in [1.29, 1.82) is 0 Å². The van der Waals surface area contributed by atoms with Gasteiger partial charge >= 0.3 is 0 Å². The fourth-order valence-corrected chi connectivity index (χ4v) is 4.93. The summed E-state index contributed by atoms with van der Waals surface area (Å²) in [6.45, 7) is 9.24. The summed E-state index contributed by atoms with van der Waals surface area (Å²) in [6.07, 6.45) is 2.21. The molecule has 0 radical (unpaired) electrons. The molecule has 2 aromatic rings. The number of likely N-dealkylation sites (tertiary alicyclic amines) is 1. The van der Waals surface area contributed by atoms with E-state index in [9.17, 15) is 18.0 Å². The van der Waals surface area contributed by atoms with Gasteiger partial charge < -0.3 is 10.2 Å². The Hall–Kier alpha value is -2.87. The Morgan fingerprint density at radius 2 is 1.79 bits per heavy atom. The maximum Gasteiger partial charge on any atom is 0.261 e. The maximum absolute atomic E-state index is 13.1. The first kappa shape index (κ1) is 24.8. The molecule has 0 aliphatic carbocycles. The zero-order valence-corrected chi connectivity index (χ0v) is 20.5. The minimum atomic E-state index is -3.81. The molecule has 1 unspecified atom stereocenters. The Kier molecular flexibility index (Phi) is 7.47. The molecule has 1 fully saturated rings. The predicted molar refractivity (Wildman–Crippen MR) is 130 cm³/mol. The summed E-state index contributed by atoms with van der Waals surface area (Å²) in [7, 11) is -3.81. The largest absolute Gasteiger partial charge is 0.354 e. The molecule has 0 saturated carbocycles. The molecular weight excluding hydrogens is 438 g/mol. The summed E-state index contributed by atoms with van der Waals surface area (Å²) < 4.78 is 28.3. The first-order chi connectivity index (χ1) is 15.5. The molecule has 1 heterocycles. The van der Waals surface area contributed by atoms with Gasteiger partial charge in [-0.1, -0.05) is 45.9 Å². The van der Waals surface area contributed by atoms with Crippen LogP contribution in [0.25, 0.3) is 0 Å². The number of amides is 2. The summed E-state index contributed by atoms with van der Waals surface area (Å²) in [6, 6.07) is 12.7. The molecule has 2 N–H and O–H groups in total. The van der Waals surface area contributed by atoms with Gasteiger partial charge in [0.05, 0.1) is 4.90 Å². The van der Waals surface area contributed by atoms with Crippen LogP contribution in [-0.4, -0.2) is 44.3 Å². The zero-order chi connectivity index (χ0) is 24.2. The number of hydrogen-bond acceptors (Lipinski definition) is 4. The maximum atomic E-state index is 13.1. The number of nitrogens with zero attached hydrogens (tertiary/aromatic N) is 1. The number of benzene rings is 2. The van der Waals surface area contributed by atoms with Gasteiger partial charge in [-0.05, 0) is 60.6 Å². The third kappa shape index (κ3) is 5.93. The number of carbonyl (C=O) groups excluding carboxylic acids is 2. The second-order valence-corrected chi connectivity index (χ2v) is 11.1. The van der Waals surface area contributed by atoms with Crippen LogP contribution in [0.4, 0.5) is 5.69 Å². The first-order valence-corrected chi connectivity index (χ1v) is 12.8. The van der Waals surface area contributed by atoms with Crippen molar-refractivity contribution in [3.8, 4) is 0 Å². The second kappa shape index (κ2) is 9.95. The monoisotopic (exact) mass is 471 g/mol. The number of sulfonamides is 1. The Morgan fingerprint density at radius 1 is 1.09 bits per heavy atom. The first-order valence-electron chi connectivity index (χ1n) is 11.3. The van der Waals surface area contributed by atoms with Crippen LogP contribution in [0.2, 0.25) is 0 Å². The van der Waals surface area contributed by atoms with Gasteiger partial charge in [0.1, 0.15) is 6.04 Å². The van der Waals surface area contributed by atoms with Gasteiger partial charge in [0, 0.05) is 24.3 Å². The van der Waals surface area contributed by atoms with Crippen molar-refractivity contribution >= 4 is 27.5 Å². The number of hydrogen-bond donors (Lipinski definition) is 2. The van der Waals surface area contributed by atoms with Crippen molar-refractivity contribution in [2.24, 2.45) is 0 Å². The Bertz CT molecular complexity index is 1110. The van der Waals surface area contributed by atoms with Crippen LogP contribution in [0.5, 0.6) is 0 Å². The number of anilines is 1. The van der Waals surface area contributed by atoms with E-state index in [2.05, 4.69) is 30.8 Å². The van der Waals surface area contributed by atoms with Crippen molar-refractivity contribution in [2.75, 3.05) is 17.8 Å². The van der Waals surface area contributed by atoms with E-state index < -0.39 is 16.1 Å². The molecule has 33 heavy (non-hydrogen) atoms. The summed E-state index contributed by atoms with van der Waals surface area (Å²) in [4.78, 5) is 27.3. The van der Waals surface area contributed by atoms with Crippen LogP contribution in [0, 0.1) is 0 Å². The normalized spacial score (nSPS) is 16.5. The van der Waals surface area contributed by atoms with E-state index in [4.69, 9.17) is 0 Å². The van der Waals surface area contributed by atoms with Crippen LogP contribution < -0.4 is 10.0 Å². The van der Waals surface area contributed by atoms with Crippen LogP contribution >= 0.6 is 0 Å². The van der Waals surface area contributed by atoms with E-state index in [1.165, 1.54) is 6.07 Å². The van der Waals surface area contributed by atoms with Gasteiger partial charge in [-0.25, -0.2) is 8.42 Å². The highest BCUT2D eigenvalue weighted by atomic mass is 32.2. The molecule has 0 bridgehead atoms. The fraction of sp³-hybridized carbons (Fsp3) is 0.440.